The van der Waals surface area contributed by atoms with Crippen LogP contribution in [-0.4, -0.2) is 54.8 Å². The molecule has 0 bridgehead atoms. The first-order valence-electron chi connectivity index (χ1n) is 12.3. The lowest BCUT2D eigenvalue weighted by Gasteiger charge is -2.34. The lowest BCUT2D eigenvalue weighted by molar-refractivity contribution is 0.0187. The van der Waals surface area contributed by atoms with Crippen molar-refractivity contribution in [3.8, 4) is 11.3 Å². The van der Waals surface area contributed by atoms with Gasteiger partial charge < -0.3 is 19.9 Å². The van der Waals surface area contributed by atoms with Crippen molar-refractivity contribution in [3.63, 3.8) is 0 Å². The fourth-order valence-corrected chi connectivity index (χ4v) is 4.78. The number of rotatable bonds is 3. The molecule has 1 saturated heterocycles. The van der Waals surface area contributed by atoms with Crippen LogP contribution in [0.15, 0.2) is 47.5 Å². The summed E-state index contributed by atoms with van der Waals surface area (Å²) in [6.45, 7) is 8.44. The van der Waals surface area contributed by atoms with E-state index < -0.39 is 11.5 Å². The Hall–Kier alpha value is -4.21. The second kappa shape index (κ2) is 9.02. The van der Waals surface area contributed by atoms with Crippen molar-refractivity contribution in [2.45, 2.75) is 52.2 Å². The first-order valence-corrected chi connectivity index (χ1v) is 12.3. The zero-order valence-electron chi connectivity index (χ0n) is 21.4. The average Bonchev–Trinajstić information content (AvgIpc) is 3.22. The smallest absolute Gasteiger partial charge is 0.410 e. The molecule has 37 heavy (non-hydrogen) atoms. The third-order valence-corrected chi connectivity index (χ3v) is 6.55. The van der Waals surface area contributed by atoms with Crippen molar-refractivity contribution in [3.05, 3.63) is 64.3 Å². The third-order valence-electron chi connectivity index (χ3n) is 6.55. The number of nitrogens with zero attached hydrogens (tertiary/aromatic N) is 5. The Morgan fingerprint density at radius 2 is 1.84 bits per heavy atom. The van der Waals surface area contributed by atoms with E-state index in [0.717, 1.165) is 16.6 Å². The molecule has 0 aliphatic carbocycles. The second-order valence-corrected chi connectivity index (χ2v) is 10.5. The number of aryl methyl sites for hydroxylation is 1. The number of likely N-dealkylation sites (tertiary alicyclic amines) is 1. The molecule has 2 N–H and O–H groups in total. The maximum atomic E-state index is 13.4. The van der Waals surface area contributed by atoms with Gasteiger partial charge in [0.15, 0.2) is 5.65 Å². The van der Waals surface area contributed by atoms with Gasteiger partial charge in [0.25, 0.3) is 11.5 Å². The molecular formula is C27H30N6O4. The number of ether oxygens (including phenoxy) is 1. The Kier molecular flexibility index (Phi) is 5.97. The summed E-state index contributed by atoms with van der Waals surface area (Å²) in [6.07, 6.45) is 4.58. The Labute approximate surface area is 213 Å². The predicted molar refractivity (Wildman–Crippen MR) is 140 cm³/mol. The summed E-state index contributed by atoms with van der Waals surface area (Å²) in [5.74, 6) is -0.583. The van der Waals surface area contributed by atoms with Crippen LogP contribution in [0.5, 0.6) is 0 Å². The first-order chi connectivity index (χ1) is 17.5. The van der Waals surface area contributed by atoms with Crippen LogP contribution in [-0.2, 0) is 4.74 Å². The van der Waals surface area contributed by atoms with Gasteiger partial charge in [0.05, 0.1) is 23.1 Å². The number of primary amides is 1. The molecule has 0 unspecified atom stereocenters. The first kappa shape index (κ1) is 24.5. The molecule has 1 aromatic carbocycles. The molecular weight excluding hydrogens is 472 g/mol. The Morgan fingerprint density at radius 3 is 2.51 bits per heavy atom. The topological polar surface area (TPSA) is 125 Å². The van der Waals surface area contributed by atoms with E-state index >= 15 is 0 Å². The predicted octanol–water partition coefficient (Wildman–Crippen LogP) is 3.69. The number of amides is 2. The Bertz CT molecular complexity index is 1590. The van der Waals surface area contributed by atoms with Crippen molar-refractivity contribution in [2.75, 3.05) is 13.1 Å². The van der Waals surface area contributed by atoms with Crippen LogP contribution in [0, 0.1) is 6.92 Å². The molecule has 1 aliphatic rings. The van der Waals surface area contributed by atoms with Crippen molar-refractivity contribution in [1.82, 2.24) is 24.1 Å². The van der Waals surface area contributed by atoms with Gasteiger partial charge in [-0.1, -0.05) is 6.07 Å². The molecule has 4 aromatic rings. The summed E-state index contributed by atoms with van der Waals surface area (Å²) in [7, 11) is 0. The van der Waals surface area contributed by atoms with Gasteiger partial charge in [0, 0.05) is 36.3 Å². The van der Waals surface area contributed by atoms with Crippen LogP contribution in [0.3, 0.4) is 0 Å². The van der Waals surface area contributed by atoms with E-state index in [1.54, 1.807) is 32.3 Å². The van der Waals surface area contributed by atoms with Gasteiger partial charge in [-0.05, 0) is 70.2 Å². The van der Waals surface area contributed by atoms with Gasteiger partial charge in [0.1, 0.15) is 5.60 Å². The number of hydrogen-bond acceptors (Lipinski definition) is 6. The van der Waals surface area contributed by atoms with E-state index in [1.165, 1.54) is 0 Å². The molecule has 3 aromatic heterocycles. The minimum atomic E-state index is -0.583. The molecule has 10 nitrogen and oxygen atoms in total. The quantitative estimate of drug-likeness (QED) is 0.456. The van der Waals surface area contributed by atoms with Gasteiger partial charge in [-0.2, -0.15) is 5.10 Å². The maximum Gasteiger partial charge on any atom is 0.410 e. The SMILES string of the molecule is Cc1cn2nc(-c3ccc4c(=O)n(C5CCN(C(=O)OC(C)(C)C)CC5)ccc4c3)cc(C(N)=O)c2n1. The standard InChI is InChI=1S/C27H30N6O4/c1-16-15-33-24(29-16)21(23(28)34)14-22(30-33)18-5-6-20-17(13-18)7-12-32(25(20)35)19-8-10-31(11-9-19)26(36)37-27(2,3)4/h5-7,12-15,19H,8-11H2,1-4H3,(H2,28,34). The lowest BCUT2D eigenvalue weighted by Crippen LogP contribution is -2.43. The molecule has 0 atom stereocenters. The normalized spacial score (nSPS) is 14.9. The van der Waals surface area contributed by atoms with E-state index in [4.69, 9.17) is 10.5 Å². The molecule has 0 spiro atoms. The minimum absolute atomic E-state index is 0.00180. The summed E-state index contributed by atoms with van der Waals surface area (Å²) in [5, 5.41) is 5.96. The lowest BCUT2D eigenvalue weighted by atomic mass is 10.0. The summed E-state index contributed by atoms with van der Waals surface area (Å²) < 4.78 is 8.79. The van der Waals surface area contributed by atoms with Crippen molar-refractivity contribution < 1.29 is 14.3 Å². The minimum Gasteiger partial charge on any atom is -0.444 e. The molecule has 1 fully saturated rings. The maximum absolute atomic E-state index is 13.4. The third kappa shape index (κ3) is 4.78. The Morgan fingerprint density at radius 1 is 1.11 bits per heavy atom. The van der Waals surface area contributed by atoms with Crippen LogP contribution < -0.4 is 11.3 Å². The molecule has 192 valence electrons. The van der Waals surface area contributed by atoms with Crippen LogP contribution in [0.4, 0.5) is 4.79 Å². The van der Waals surface area contributed by atoms with E-state index in [0.29, 0.717) is 42.7 Å². The number of carbonyl (C=O) groups is 2. The van der Waals surface area contributed by atoms with Crippen molar-refractivity contribution >= 4 is 28.4 Å². The fourth-order valence-electron chi connectivity index (χ4n) is 4.78. The molecule has 2 amide bonds. The van der Waals surface area contributed by atoms with E-state index in [-0.39, 0.29) is 23.3 Å². The monoisotopic (exact) mass is 502 g/mol. The highest BCUT2D eigenvalue weighted by atomic mass is 16.6. The van der Waals surface area contributed by atoms with Gasteiger partial charge in [-0.3, -0.25) is 9.59 Å². The second-order valence-electron chi connectivity index (χ2n) is 10.5. The largest absolute Gasteiger partial charge is 0.444 e. The highest BCUT2D eigenvalue weighted by Crippen LogP contribution is 2.26. The fraction of sp³-hybridized carbons (Fsp3) is 0.370. The van der Waals surface area contributed by atoms with Crippen LogP contribution in [0.25, 0.3) is 27.7 Å². The molecule has 5 rings (SSSR count). The number of imidazole rings is 1. The number of carbonyl (C=O) groups excluding carboxylic acids is 2. The number of pyridine rings is 1. The average molecular weight is 503 g/mol. The molecule has 10 heteroatoms. The van der Waals surface area contributed by atoms with Crippen molar-refractivity contribution in [2.24, 2.45) is 5.73 Å². The summed E-state index contributed by atoms with van der Waals surface area (Å²) in [5.41, 5.74) is 7.71. The zero-order valence-corrected chi connectivity index (χ0v) is 21.4. The van der Waals surface area contributed by atoms with Gasteiger partial charge in [-0.25, -0.2) is 14.3 Å². The van der Waals surface area contributed by atoms with Crippen molar-refractivity contribution in [1.29, 1.82) is 0 Å². The van der Waals surface area contributed by atoms with Crippen LogP contribution in [0.2, 0.25) is 0 Å². The van der Waals surface area contributed by atoms with E-state index in [9.17, 15) is 14.4 Å². The van der Waals surface area contributed by atoms with Crippen LogP contribution >= 0.6 is 0 Å². The summed E-state index contributed by atoms with van der Waals surface area (Å²) in [6, 6.07) is 9.03. The van der Waals surface area contributed by atoms with Gasteiger partial charge in [-0.15, -0.1) is 0 Å². The molecule has 0 saturated carbocycles. The zero-order chi connectivity index (χ0) is 26.5. The molecule has 4 heterocycles. The highest BCUT2D eigenvalue weighted by Gasteiger charge is 2.28. The summed E-state index contributed by atoms with van der Waals surface area (Å²) >= 11 is 0. The van der Waals surface area contributed by atoms with Gasteiger partial charge in [0.2, 0.25) is 0 Å². The van der Waals surface area contributed by atoms with Gasteiger partial charge >= 0.3 is 6.09 Å². The number of fused-ring (bicyclic) bond motifs is 2. The Balaban J connectivity index is 1.41. The number of piperidine rings is 1. The van der Waals surface area contributed by atoms with E-state index in [2.05, 4.69) is 10.1 Å². The molecule has 1 aliphatic heterocycles. The number of nitrogens with two attached hydrogens (primary N) is 1. The summed E-state index contributed by atoms with van der Waals surface area (Å²) in [4.78, 5) is 43.8. The number of aromatic nitrogens is 4. The number of benzene rings is 1. The van der Waals surface area contributed by atoms with E-state index in [1.807, 2.05) is 52.1 Å². The molecule has 0 radical (unpaired) electrons. The highest BCUT2D eigenvalue weighted by molar-refractivity contribution is 5.99. The van der Waals surface area contributed by atoms with Crippen LogP contribution in [0.1, 0.15) is 55.7 Å². The number of hydrogen-bond donors (Lipinski definition) is 1.